The molecule has 7 rings (SSSR count). The van der Waals surface area contributed by atoms with E-state index in [4.69, 9.17) is 11.6 Å². The van der Waals surface area contributed by atoms with E-state index in [1.807, 2.05) is 6.07 Å². The minimum absolute atomic E-state index is 0.0467. The van der Waals surface area contributed by atoms with Crippen molar-refractivity contribution in [1.82, 2.24) is 0 Å². The van der Waals surface area contributed by atoms with E-state index in [1.165, 1.54) is 33.9 Å². The molecular weight excluding hydrogens is 490 g/mol. The molecule has 0 atom stereocenters. The van der Waals surface area contributed by atoms with E-state index in [0.29, 0.717) is 16.1 Å². The summed E-state index contributed by atoms with van der Waals surface area (Å²) < 4.78 is 0. The molecule has 0 heterocycles. The Morgan fingerprint density at radius 2 is 1.08 bits per heavy atom. The molecule has 0 N–H and O–H groups in total. The lowest BCUT2D eigenvalue weighted by Crippen LogP contribution is -2.40. The highest BCUT2D eigenvalue weighted by Gasteiger charge is 2.53. The van der Waals surface area contributed by atoms with Crippen molar-refractivity contribution < 1.29 is 4.92 Å². The maximum Gasteiger partial charge on any atom is 0.277 e. The molecule has 0 saturated heterocycles. The van der Waals surface area contributed by atoms with E-state index in [-0.39, 0.29) is 16.0 Å². The van der Waals surface area contributed by atoms with Gasteiger partial charge < -0.3 is 0 Å². The van der Waals surface area contributed by atoms with Crippen LogP contribution in [0.5, 0.6) is 0 Å². The second-order valence-electron chi connectivity index (χ2n) is 10.7. The molecule has 1 spiro atoms. The molecule has 5 aromatic rings. The third-order valence-corrected chi connectivity index (χ3v) is 8.84. The molecule has 0 aromatic heterocycles. The quantitative estimate of drug-likeness (QED) is 0.171. The number of halogens is 1. The van der Waals surface area contributed by atoms with Crippen LogP contribution in [-0.2, 0) is 10.8 Å². The van der Waals surface area contributed by atoms with Gasteiger partial charge in [0.25, 0.3) is 5.69 Å². The second-order valence-corrected chi connectivity index (χ2v) is 11.1. The molecule has 2 aliphatic rings. The Labute approximate surface area is 226 Å². The Kier molecular flexibility index (Phi) is 4.77. The fourth-order valence-electron chi connectivity index (χ4n) is 6.94. The summed E-state index contributed by atoms with van der Waals surface area (Å²) >= 11 is 7.05. The lowest BCUT2D eigenvalue weighted by atomic mass is 9.55. The molecule has 0 fully saturated rings. The van der Waals surface area contributed by atoms with Crippen molar-refractivity contribution in [3.05, 3.63) is 158 Å². The number of fused-ring (bicyclic) bond motifs is 9. The summed E-state index contributed by atoms with van der Waals surface area (Å²) in [6.45, 7) is 4.59. The number of nitro groups is 1. The van der Waals surface area contributed by atoms with Crippen molar-refractivity contribution in [3.63, 3.8) is 0 Å². The van der Waals surface area contributed by atoms with Gasteiger partial charge in [-0.15, -0.1) is 0 Å². The van der Waals surface area contributed by atoms with Gasteiger partial charge in [0.2, 0.25) is 0 Å². The maximum absolute atomic E-state index is 11.9. The monoisotopic (exact) mass is 513 g/mol. The molecule has 5 aromatic carbocycles. The van der Waals surface area contributed by atoms with Gasteiger partial charge in [0.1, 0.15) is 0 Å². The van der Waals surface area contributed by atoms with Gasteiger partial charge in [-0.05, 0) is 62.7 Å². The average Bonchev–Trinajstić information content (AvgIpc) is 3.21. The van der Waals surface area contributed by atoms with Crippen molar-refractivity contribution in [3.8, 4) is 22.3 Å². The van der Waals surface area contributed by atoms with Gasteiger partial charge in [-0.25, -0.2) is 0 Å². The van der Waals surface area contributed by atoms with Crippen LogP contribution < -0.4 is 0 Å². The molecule has 0 unspecified atom stereocenters. The minimum atomic E-state index is -0.542. The van der Waals surface area contributed by atoms with Crippen LogP contribution in [0.4, 0.5) is 5.69 Å². The number of hydrogen-bond acceptors (Lipinski definition) is 2. The highest BCUT2D eigenvalue weighted by atomic mass is 35.5. The highest BCUT2D eigenvalue weighted by Crippen LogP contribution is 2.62. The molecule has 0 aliphatic heterocycles. The number of para-hydroxylation sites is 1. The number of rotatable bonds is 2. The first-order valence-electron chi connectivity index (χ1n) is 12.7. The Morgan fingerprint density at radius 3 is 1.68 bits per heavy atom. The highest BCUT2D eigenvalue weighted by molar-refractivity contribution is 6.34. The minimum Gasteiger partial charge on any atom is -0.258 e. The first kappa shape index (κ1) is 22.9. The molecule has 2 aliphatic carbocycles. The molecule has 0 bridgehead atoms. The van der Waals surface area contributed by atoms with E-state index in [9.17, 15) is 10.1 Å². The van der Waals surface area contributed by atoms with E-state index >= 15 is 0 Å². The zero-order valence-electron chi connectivity index (χ0n) is 21.0. The SMILES string of the molecule is CC1(C)c2ccccc2C2(c3ccccc3-c3cc(-c4ccccc4[N+](=O)[O-])c(Cl)cc32)c2ccccc21. The van der Waals surface area contributed by atoms with E-state index in [2.05, 4.69) is 98.8 Å². The van der Waals surface area contributed by atoms with Gasteiger partial charge in [0.05, 0.1) is 15.9 Å². The number of nitrogens with zero attached hydrogens (tertiary/aromatic N) is 1. The van der Waals surface area contributed by atoms with Crippen molar-refractivity contribution in [2.45, 2.75) is 24.7 Å². The predicted octanol–water partition coefficient (Wildman–Crippen LogP) is 8.92. The maximum atomic E-state index is 11.9. The van der Waals surface area contributed by atoms with E-state index in [1.54, 1.807) is 12.1 Å². The normalized spacial score (nSPS) is 15.3. The van der Waals surface area contributed by atoms with Crippen molar-refractivity contribution >= 4 is 17.3 Å². The van der Waals surface area contributed by atoms with Crippen molar-refractivity contribution in [1.29, 1.82) is 0 Å². The van der Waals surface area contributed by atoms with Gasteiger partial charge in [0.15, 0.2) is 0 Å². The Hall–Kier alpha value is -4.21. The summed E-state index contributed by atoms with van der Waals surface area (Å²) in [5, 5.41) is 12.4. The number of hydrogen-bond donors (Lipinski definition) is 0. The average molecular weight is 514 g/mol. The van der Waals surface area contributed by atoms with Crippen molar-refractivity contribution in [2.24, 2.45) is 0 Å². The molecule has 4 heteroatoms. The summed E-state index contributed by atoms with van der Waals surface area (Å²) in [6, 6.07) is 36.9. The van der Waals surface area contributed by atoms with Crippen LogP contribution in [0.3, 0.4) is 0 Å². The fourth-order valence-corrected chi connectivity index (χ4v) is 7.21. The summed E-state index contributed by atoms with van der Waals surface area (Å²) in [5.74, 6) is 0. The molecule has 3 nitrogen and oxygen atoms in total. The summed E-state index contributed by atoms with van der Waals surface area (Å²) in [4.78, 5) is 11.5. The first-order valence-corrected chi connectivity index (χ1v) is 13.1. The summed E-state index contributed by atoms with van der Waals surface area (Å²) in [6.07, 6.45) is 0. The molecule has 0 amide bonds. The van der Waals surface area contributed by atoms with Crippen LogP contribution in [0.15, 0.2) is 109 Å². The lowest BCUT2D eigenvalue weighted by molar-refractivity contribution is -0.384. The van der Waals surface area contributed by atoms with Crippen LogP contribution in [0.1, 0.15) is 47.2 Å². The first-order chi connectivity index (χ1) is 18.4. The van der Waals surface area contributed by atoms with Gasteiger partial charge >= 0.3 is 0 Å². The zero-order valence-corrected chi connectivity index (χ0v) is 21.8. The van der Waals surface area contributed by atoms with Crippen molar-refractivity contribution in [2.75, 3.05) is 0 Å². The molecule has 0 radical (unpaired) electrons. The number of benzene rings is 5. The third-order valence-electron chi connectivity index (χ3n) is 8.53. The van der Waals surface area contributed by atoms with Crippen LogP contribution in [-0.4, -0.2) is 4.92 Å². The fraction of sp³-hybridized carbons (Fsp3) is 0.118. The Bertz CT molecular complexity index is 1750. The Balaban J connectivity index is 1.63. The Morgan fingerprint density at radius 1 is 0.579 bits per heavy atom. The molecular formula is C34H24ClNO2. The van der Waals surface area contributed by atoms with Crippen LogP contribution >= 0.6 is 11.6 Å². The van der Waals surface area contributed by atoms with E-state index < -0.39 is 5.41 Å². The third kappa shape index (κ3) is 2.80. The standard InChI is InChI=1S/C34H24ClNO2/c1-33(2)26-14-6-8-16-28(26)34(29-17-9-7-15-27(29)33)25-13-5-3-11-21(25)23-19-24(31(35)20-30(23)34)22-12-4-10-18-32(22)36(37)38/h3-20H,1-2H3. The van der Waals surface area contributed by atoms with Gasteiger partial charge in [-0.3, -0.25) is 10.1 Å². The van der Waals surface area contributed by atoms with Gasteiger partial charge in [0, 0.05) is 22.1 Å². The van der Waals surface area contributed by atoms with Crippen LogP contribution in [0.25, 0.3) is 22.3 Å². The summed E-state index contributed by atoms with van der Waals surface area (Å²) in [5.41, 5.74) is 10.1. The van der Waals surface area contributed by atoms with Gasteiger partial charge in [-0.1, -0.05) is 110 Å². The summed E-state index contributed by atoms with van der Waals surface area (Å²) in [7, 11) is 0. The van der Waals surface area contributed by atoms with Crippen LogP contribution in [0.2, 0.25) is 5.02 Å². The molecule has 0 saturated carbocycles. The molecule has 38 heavy (non-hydrogen) atoms. The van der Waals surface area contributed by atoms with E-state index in [0.717, 1.165) is 16.7 Å². The lowest BCUT2D eigenvalue weighted by Gasteiger charge is -2.46. The predicted molar refractivity (Wildman–Crippen MR) is 153 cm³/mol. The zero-order chi connectivity index (χ0) is 26.2. The largest absolute Gasteiger partial charge is 0.277 e. The van der Waals surface area contributed by atoms with Crippen LogP contribution in [0, 0.1) is 10.1 Å². The smallest absolute Gasteiger partial charge is 0.258 e. The second kappa shape index (κ2) is 7.89. The molecule has 184 valence electrons. The topological polar surface area (TPSA) is 43.1 Å². The van der Waals surface area contributed by atoms with Gasteiger partial charge in [-0.2, -0.15) is 0 Å². The number of nitro benzene ring substituents is 1.